The van der Waals surface area contributed by atoms with Crippen molar-refractivity contribution in [3.05, 3.63) is 75.3 Å². The van der Waals surface area contributed by atoms with Crippen LogP contribution in [0.4, 0.5) is 0 Å². The van der Waals surface area contributed by atoms with E-state index in [2.05, 4.69) is 0 Å². The van der Waals surface area contributed by atoms with Gasteiger partial charge in [0.25, 0.3) is 0 Å². The normalized spacial score (nSPS) is 10.6. The second-order valence-electron chi connectivity index (χ2n) is 7.05. The first-order valence-corrected chi connectivity index (χ1v) is 9.90. The number of carbonyl (C=O) groups is 1. The van der Waals surface area contributed by atoms with Gasteiger partial charge in [-0.3, -0.25) is 0 Å². The van der Waals surface area contributed by atoms with Gasteiger partial charge in [-0.05, 0) is 37.5 Å². The van der Waals surface area contributed by atoms with Crippen molar-refractivity contribution >= 4 is 17.6 Å². The third kappa shape index (κ3) is 4.54. The average Bonchev–Trinajstić information content (AvgIpc) is 2.76. The quantitative estimate of drug-likeness (QED) is 0.463. The van der Waals surface area contributed by atoms with Crippen LogP contribution >= 0.6 is 11.6 Å². The molecule has 0 heterocycles. The maximum Gasteiger partial charge on any atom is 0.339 e. The van der Waals surface area contributed by atoms with Gasteiger partial charge in [0.15, 0.2) is 11.5 Å². The zero-order valence-electron chi connectivity index (χ0n) is 17.7. The highest BCUT2D eigenvalue weighted by molar-refractivity contribution is 6.34. The van der Waals surface area contributed by atoms with Crippen molar-refractivity contribution in [2.75, 3.05) is 7.11 Å². The fraction of sp³-hybridized carbons (Fsp3) is 0.208. The SMILES string of the molecule is COc1cc(OCc2ccccc2)cc(Oc2c(C)c(C)c(C(=O)O)c(O)c2Cl)c1C. The Labute approximate surface area is 185 Å². The molecule has 6 nitrogen and oxygen atoms in total. The number of methoxy groups -OCH3 is 1. The molecule has 0 bridgehead atoms. The van der Waals surface area contributed by atoms with Gasteiger partial charge in [0, 0.05) is 17.7 Å². The van der Waals surface area contributed by atoms with E-state index >= 15 is 0 Å². The molecule has 162 valence electrons. The van der Waals surface area contributed by atoms with E-state index in [-0.39, 0.29) is 16.3 Å². The summed E-state index contributed by atoms with van der Waals surface area (Å²) in [5.74, 6) is -0.133. The minimum absolute atomic E-state index is 0.172. The largest absolute Gasteiger partial charge is 0.505 e. The number of benzene rings is 3. The molecule has 0 aromatic heterocycles. The molecule has 0 saturated carbocycles. The summed E-state index contributed by atoms with van der Waals surface area (Å²) >= 11 is 6.28. The second kappa shape index (κ2) is 9.18. The Kier molecular flexibility index (Phi) is 6.61. The summed E-state index contributed by atoms with van der Waals surface area (Å²) in [5, 5.41) is 19.5. The summed E-state index contributed by atoms with van der Waals surface area (Å²) in [6.07, 6.45) is 0. The number of hydrogen-bond donors (Lipinski definition) is 2. The number of aromatic hydroxyl groups is 1. The minimum Gasteiger partial charge on any atom is -0.505 e. The molecule has 3 aromatic carbocycles. The molecule has 0 atom stereocenters. The minimum atomic E-state index is -1.26. The molecule has 0 radical (unpaired) electrons. The maximum absolute atomic E-state index is 11.5. The molecule has 7 heteroatoms. The second-order valence-corrected chi connectivity index (χ2v) is 7.42. The summed E-state index contributed by atoms with van der Waals surface area (Å²) in [6.45, 7) is 5.45. The van der Waals surface area contributed by atoms with Crippen LogP contribution in [0.15, 0.2) is 42.5 Å². The van der Waals surface area contributed by atoms with Gasteiger partial charge in [-0.1, -0.05) is 41.9 Å². The number of halogens is 1. The summed E-state index contributed by atoms with van der Waals surface area (Å²) < 4.78 is 17.4. The highest BCUT2D eigenvalue weighted by atomic mass is 35.5. The molecular weight excluding hydrogens is 420 g/mol. The number of carboxylic acids is 1. The van der Waals surface area contributed by atoms with E-state index in [9.17, 15) is 15.0 Å². The number of carboxylic acid groups (broad SMARTS) is 1. The van der Waals surface area contributed by atoms with Crippen LogP contribution < -0.4 is 14.2 Å². The molecule has 3 aromatic rings. The third-order valence-corrected chi connectivity index (χ3v) is 5.45. The summed E-state index contributed by atoms with van der Waals surface area (Å²) in [6, 6.07) is 13.2. The van der Waals surface area contributed by atoms with E-state index in [0.717, 1.165) is 5.56 Å². The lowest BCUT2D eigenvalue weighted by atomic mass is 10.0. The zero-order valence-corrected chi connectivity index (χ0v) is 18.4. The van der Waals surface area contributed by atoms with Crippen molar-refractivity contribution in [3.8, 4) is 28.7 Å². The fourth-order valence-corrected chi connectivity index (χ4v) is 3.47. The predicted octanol–water partition coefficient (Wildman–Crippen LogP) is 6.05. The lowest BCUT2D eigenvalue weighted by molar-refractivity contribution is 0.0692. The Morgan fingerprint density at radius 2 is 1.65 bits per heavy atom. The van der Waals surface area contributed by atoms with E-state index < -0.39 is 11.7 Å². The Morgan fingerprint density at radius 3 is 2.26 bits per heavy atom. The first kappa shape index (κ1) is 22.3. The van der Waals surface area contributed by atoms with Crippen LogP contribution in [0, 0.1) is 20.8 Å². The lowest BCUT2D eigenvalue weighted by Gasteiger charge is -2.19. The van der Waals surface area contributed by atoms with Gasteiger partial charge < -0.3 is 24.4 Å². The van der Waals surface area contributed by atoms with Crippen molar-refractivity contribution in [2.24, 2.45) is 0 Å². The highest BCUT2D eigenvalue weighted by Crippen LogP contribution is 2.45. The first-order chi connectivity index (χ1) is 14.7. The summed E-state index contributed by atoms with van der Waals surface area (Å²) in [4.78, 5) is 11.5. The van der Waals surface area contributed by atoms with Crippen LogP contribution in [0.2, 0.25) is 5.02 Å². The predicted molar refractivity (Wildman–Crippen MR) is 118 cm³/mol. The van der Waals surface area contributed by atoms with Crippen molar-refractivity contribution in [2.45, 2.75) is 27.4 Å². The molecule has 3 rings (SSSR count). The molecule has 2 N–H and O–H groups in total. The van der Waals surface area contributed by atoms with Crippen LogP contribution in [0.3, 0.4) is 0 Å². The summed E-state index contributed by atoms with van der Waals surface area (Å²) in [5.41, 5.74) is 2.33. The number of rotatable bonds is 7. The van der Waals surface area contributed by atoms with Gasteiger partial charge >= 0.3 is 5.97 Å². The molecular formula is C24H23ClO6. The van der Waals surface area contributed by atoms with Crippen LogP contribution in [-0.4, -0.2) is 23.3 Å². The molecule has 0 saturated heterocycles. The van der Waals surface area contributed by atoms with E-state index in [1.165, 1.54) is 0 Å². The standard InChI is InChI=1S/C24H23ClO6/c1-13-14(2)23(21(25)22(26)20(13)24(27)28)31-19-11-17(10-18(29-4)15(19)3)30-12-16-8-6-5-7-9-16/h5-11,26H,12H2,1-4H3,(H,27,28). The van der Waals surface area contributed by atoms with Gasteiger partial charge in [0.1, 0.15) is 34.4 Å². The van der Waals surface area contributed by atoms with Gasteiger partial charge in [-0.2, -0.15) is 0 Å². The van der Waals surface area contributed by atoms with Crippen molar-refractivity contribution in [1.29, 1.82) is 0 Å². The van der Waals surface area contributed by atoms with Gasteiger partial charge in [0.05, 0.1) is 7.11 Å². The Bertz CT molecular complexity index is 1100. The van der Waals surface area contributed by atoms with Crippen LogP contribution in [0.25, 0.3) is 0 Å². The fourth-order valence-electron chi connectivity index (χ4n) is 3.19. The molecule has 0 fully saturated rings. The lowest BCUT2D eigenvalue weighted by Crippen LogP contribution is -2.05. The smallest absolute Gasteiger partial charge is 0.339 e. The molecule has 0 amide bonds. The molecule has 0 unspecified atom stereocenters. The Balaban J connectivity index is 2.00. The van der Waals surface area contributed by atoms with Crippen molar-refractivity contribution < 1.29 is 29.2 Å². The van der Waals surface area contributed by atoms with Crippen LogP contribution in [-0.2, 0) is 6.61 Å². The van der Waals surface area contributed by atoms with E-state index in [4.69, 9.17) is 25.8 Å². The number of hydrogen-bond acceptors (Lipinski definition) is 5. The molecule has 0 aliphatic carbocycles. The van der Waals surface area contributed by atoms with E-state index in [1.54, 1.807) is 33.1 Å². The van der Waals surface area contributed by atoms with Crippen LogP contribution in [0.1, 0.15) is 32.6 Å². The molecule has 0 aliphatic heterocycles. The van der Waals surface area contributed by atoms with Gasteiger partial charge in [-0.15, -0.1) is 0 Å². The topological polar surface area (TPSA) is 85.2 Å². The summed E-state index contributed by atoms with van der Waals surface area (Å²) in [7, 11) is 1.54. The van der Waals surface area contributed by atoms with E-state index in [0.29, 0.717) is 40.5 Å². The van der Waals surface area contributed by atoms with Gasteiger partial charge in [-0.25, -0.2) is 4.79 Å². The monoisotopic (exact) mass is 442 g/mol. The van der Waals surface area contributed by atoms with Crippen LogP contribution in [0.5, 0.6) is 28.7 Å². The molecule has 0 aliphatic rings. The number of ether oxygens (including phenoxy) is 3. The average molecular weight is 443 g/mol. The van der Waals surface area contributed by atoms with Crippen molar-refractivity contribution in [3.63, 3.8) is 0 Å². The highest BCUT2D eigenvalue weighted by Gasteiger charge is 2.25. The van der Waals surface area contributed by atoms with Crippen molar-refractivity contribution in [1.82, 2.24) is 0 Å². The third-order valence-electron chi connectivity index (χ3n) is 5.10. The molecule has 0 spiro atoms. The number of aromatic carboxylic acids is 1. The Morgan fingerprint density at radius 1 is 1.00 bits per heavy atom. The maximum atomic E-state index is 11.5. The van der Waals surface area contributed by atoms with E-state index in [1.807, 2.05) is 37.3 Å². The first-order valence-electron chi connectivity index (χ1n) is 9.52. The zero-order chi connectivity index (χ0) is 22.7. The Hall–Kier alpha value is -3.38. The number of phenols is 1. The van der Waals surface area contributed by atoms with Gasteiger partial charge in [0.2, 0.25) is 0 Å². The molecule has 31 heavy (non-hydrogen) atoms.